The highest BCUT2D eigenvalue weighted by molar-refractivity contribution is 5.31. The molecule has 0 spiro atoms. The van der Waals surface area contributed by atoms with Gasteiger partial charge in [-0.15, -0.1) is 0 Å². The first-order valence-electron chi connectivity index (χ1n) is 10.6. The second-order valence-electron chi connectivity index (χ2n) is 7.12. The Balaban J connectivity index is 1.78. The lowest BCUT2D eigenvalue weighted by atomic mass is 10.0. The van der Waals surface area contributed by atoms with Crippen molar-refractivity contribution < 1.29 is 9.47 Å². The van der Waals surface area contributed by atoms with Gasteiger partial charge in [0, 0.05) is 0 Å². The number of methoxy groups -OCH3 is 1. The molecule has 144 valence electrons. The summed E-state index contributed by atoms with van der Waals surface area (Å²) in [4.78, 5) is 0. The summed E-state index contributed by atoms with van der Waals surface area (Å²) in [6.07, 6.45) is 19.5. The van der Waals surface area contributed by atoms with E-state index in [0.717, 1.165) is 24.5 Å². The molecule has 0 radical (unpaired) electrons. The van der Waals surface area contributed by atoms with Gasteiger partial charge in [0.25, 0.3) is 0 Å². The quantitative estimate of drug-likeness (QED) is 0.270. The van der Waals surface area contributed by atoms with E-state index in [1.54, 1.807) is 7.11 Å². The van der Waals surface area contributed by atoms with E-state index in [-0.39, 0.29) is 0 Å². The zero-order chi connectivity index (χ0) is 18.0. The average molecular weight is 349 g/mol. The molecule has 0 amide bonds. The van der Waals surface area contributed by atoms with Gasteiger partial charge in [0.15, 0.2) is 0 Å². The standard InChI is InChI=1S/C23H40O2/c1-3-4-5-6-7-8-9-10-11-12-13-14-15-16-21-25-23-19-17-22(24-2)18-20-23/h17-20H,3-16,21H2,1-2H3. The van der Waals surface area contributed by atoms with Crippen molar-refractivity contribution in [3.63, 3.8) is 0 Å². The van der Waals surface area contributed by atoms with Crippen LogP contribution in [0.15, 0.2) is 24.3 Å². The largest absolute Gasteiger partial charge is 0.497 e. The summed E-state index contributed by atoms with van der Waals surface area (Å²) in [5, 5.41) is 0. The highest BCUT2D eigenvalue weighted by Crippen LogP contribution is 2.17. The zero-order valence-corrected chi connectivity index (χ0v) is 16.7. The topological polar surface area (TPSA) is 18.5 Å². The minimum Gasteiger partial charge on any atom is -0.497 e. The molecule has 0 aromatic heterocycles. The van der Waals surface area contributed by atoms with Gasteiger partial charge in [0.05, 0.1) is 13.7 Å². The molecular weight excluding hydrogens is 308 g/mol. The van der Waals surface area contributed by atoms with Crippen molar-refractivity contribution in [2.75, 3.05) is 13.7 Å². The molecule has 0 heterocycles. The van der Waals surface area contributed by atoms with Gasteiger partial charge in [0.2, 0.25) is 0 Å². The summed E-state index contributed by atoms with van der Waals surface area (Å²) >= 11 is 0. The molecule has 0 aliphatic carbocycles. The van der Waals surface area contributed by atoms with E-state index in [1.807, 2.05) is 24.3 Å². The molecule has 0 saturated heterocycles. The molecule has 0 fully saturated rings. The first kappa shape index (κ1) is 21.9. The molecule has 0 unspecified atom stereocenters. The Morgan fingerprint density at radius 1 is 0.560 bits per heavy atom. The second-order valence-corrected chi connectivity index (χ2v) is 7.12. The van der Waals surface area contributed by atoms with Crippen LogP contribution in [-0.2, 0) is 0 Å². The number of benzene rings is 1. The maximum Gasteiger partial charge on any atom is 0.119 e. The Kier molecular flexibility index (Phi) is 14.3. The van der Waals surface area contributed by atoms with Gasteiger partial charge in [-0.1, -0.05) is 90.4 Å². The summed E-state index contributed by atoms with van der Waals surface area (Å²) in [5.41, 5.74) is 0. The molecule has 2 nitrogen and oxygen atoms in total. The maximum absolute atomic E-state index is 5.76. The molecule has 0 N–H and O–H groups in total. The highest BCUT2D eigenvalue weighted by Gasteiger charge is 1.96. The van der Waals surface area contributed by atoms with Crippen molar-refractivity contribution in [1.29, 1.82) is 0 Å². The fraction of sp³-hybridized carbons (Fsp3) is 0.739. The van der Waals surface area contributed by atoms with Crippen LogP contribution in [0.2, 0.25) is 0 Å². The van der Waals surface area contributed by atoms with Gasteiger partial charge in [-0.05, 0) is 30.7 Å². The molecule has 25 heavy (non-hydrogen) atoms. The monoisotopic (exact) mass is 348 g/mol. The minimum atomic E-state index is 0.824. The number of ether oxygens (including phenoxy) is 2. The second kappa shape index (κ2) is 16.3. The van der Waals surface area contributed by atoms with Crippen molar-refractivity contribution in [2.24, 2.45) is 0 Å². The maximum atomic E-state index is 5.76. The van der Waals surface area contributed by atoms with Crippen molar-refractivity contribution in [3.05, 3.63) is 24.3 Å². The van der Waals surface area contributed by atoms with Gasteiger partial charge in [-0.2, -0.15) is 0 Å². The van der Waals surface area contributed by atoms with E-state index in [4.69, 9.17) is 9.47 Å². The highest BCUT2D eigenvalue weighted by atomic mass is 16.5. The number of hydrogen-bond acceptors (Lipinski definition) is 2. The van der Waals surface area contributed by atoms with Crippen LogP contribution < -0.4 is 9.47 Å². The molecular formula is C23H40O2. The molecule has 1 rings (SSSR count). The lowest BCUT2D eigenvalue weighted by Gasteiger charge is -2.07. The van der Waals surface area contributed by atoms with Gasteiger partial charge in [-0.3, -0.25) is 0 Å². The van der Waals surface area contributed by atoms with Gasteiger partial charge in [0.1, 0.15) is 11.5 Å². The summed E-state index contributed by atoms with van der Waals surface area (Å²) < 4.78 is 10.9. The predicted molar refractivity (Wildman–Crippen MR) is 109 cm³/mol. The summed E-state index contributed by atoms with van der Waals surface area (Å²) in [6, 6.07) is 7.84. The third-order valence-electron chi connectivity index (χ3n) is 4.83. The Morgan fingerprint density at radius 3 is 1.40 bits per heavy atom. The van der Waals surface area contributed by atoms with Gasteiger partial charge in [-0.25, -0.2) is 0 Å². The minimum absolute atomic E-state index is 0.824. The van der Waals surface area contributed by atoms with Crippen molar-refractivity contribution >= 4 is 0 Å². The van der Waals surface area contributed by atoms with Crippen molar-refractivity contribution in [2.45, 2.75) is 96.8 Å². The van der Waals surface area contributed by atoms with E-state index in [2.05, 4.69) is 6.92 Å². The van der Waals surface area contributed by atoms with Crippen molar-refractivity contribution in [1.82, 2.24) is 0 Å². The molecule has 0 atom stereocenters. The fourth-order valence-electron chi connectivity index (χ4n) is 3.16. The zero-order valence-electron chi connectivity index (χ0n) is 16.7. The van der Waals surface area contributed by atoms with Crippen LogP contribution >= 0.6 is 0 Å². The Bertz CT molecular complexity index is 386. The van der Waals surface area contributed by atoms with Crippen LogP contribution in [-0.4, -0.2) is 13.7 Å². The van der Waals surface area contributed by atoms with Crippen LogP contribution in [0.3, 0.4) is 0 Å². The summed E-state index contributed by atoms with van der Waals surface area (Å²) in [7, 11) is 1.69. The first-order valence-corrected chi connectivity index (χ1v) is 10.6. The predicted octanol–water partition coefficient (Wildman–Crippen LogP) is 7.56. The molecule has 0 bridgehead atoms. The third kappa shape index (κ3) is 12.8. The summed E-state index contributed by atoms with van der Waals surface area (Å²) in [6.45, 7) is 3.11. The van der Waals surface area contributed by atoms with Crippen LogP contribution in [0.4, 0.5) is 0 Å². The van der Waals surface area contributed by atoms with Crippen LogP contribution in [0, 0.1) is 0 Å². The third-order valence-corrected chi connectivity index (χ3v) is 4.83. The van der Waals surface area contributed by atoms with Crippen LogP contribution in [0.1, 0.15) is 96.8 Å². The van der Waals surface area contributed by atoms with E-state index >= 15 is 0 Å². The SMILES string of the molecule is CCCCCCCCCCCCCCCCOc1ccc(OC)cc1. The molecule has 0 aliphatic rings. The van der Waals surface area contributed by atoms with E-state index in [0.29, 0.717) is 0 Å². The summed E-state index contributed by atoms with van der Waals surface area (Å²) in [5.74, 6) is 1.82. The first-order chi connectivity index (χ1) is 12.4. The van der Waals surface area contributed by atoms with Gasteiger partial charge >= 0.3 is 0 Å². The molecule has 1 aromatic rings. The lowest BCUT2D eigenvalue weighted by molar-refractivity contribution is 0.303. The van der Waals surface area contributed by atoms with Crippen LogP contribution in [0.25, 0.3) is 0 Å². The van der Waals surface area contributed by atoms with E-state index in [9.17, 15) is 0 Å². The molecule has 1 aromatic carbocycles. The smallest absolute Gasteiger partial charge is 0.119 e. The Hall–Kier alpha value is -1.18. The number of unbranched alkanes of at least 4 members (excludes halogenated alkanes) is 13. The fourth-order valence-corrected chi connectivity index (χ4v) is 3.16. The van der Waals surface area contributed by atoms with Gasteiger partial charge < -0.3 is 9.47 Å². The number of hydrogen-bond donors (Lipinski definition) is 0. The average Bonchev–Trinajstić information content (AvgIpc) is 2.65. The molecule has 0 aliphatic heterocycles. The van der Waals surface area contributed by atoms with E-state index in [1.165, 1.54) is 83.5 Å². The molecule has 0 saturated carbocycles. The van der Waals surface area contributed by atoms with Crippen molar-refractivity contribution in [3.8, 4) is 11.5 Å². The number of rotatable bonds is 17. The Labute approximate surface area is 156 Å². The van der Waals surface area contributed by atoms with E-state index < -0.39 is 0 Å². The molecule has 2 heteroatoms. The lowest BCUT2D eigenvalue weighted by Crippen LogP contribution is -1.97. The van der Waals surface area contributed by atoms with Crippen LogP contribution in [0.5, 0.6) is 11.5 Å². The normalized spacial score (nSPS) is 10.8. The Morgan fingerprint density at radius 2 is 0.960 bits per heavy atom.